The van der Waals surface area contributed by atoms with E-state index in [0.717, 1.165) is 12.8 Å². The molecule has 0 amide bonds. The average molecular weight is 380 g/mol. The zero-order valence-electron chi connectivity index (χ0n) is 17.3. The van der Waals surface area contributed by atoms with Crippen LogP contribution >= 0.6 is 0 Å². The van der Waals surface area contributed by atoms with E-state index in [1.54, 1.807) is 6.07 Å². The lowest BCUT2D eigenvalue weighted by Crippen LogP contribution is -2.34. The average Bonchev–Trinajstić information content (AvgIpc) is 2.63. The number of carbonyl (C=O) groups excluding carboxylic acids is 2. The summed E-state index contributed by atoms with van der Waals surface area (Å²) in [7, 11) is 0. The summed E-state index contributed by atoms with van der Waals surface area (Å²) in [6, 6.07) is 10.4. The molecule has 0 heterocycles. The van der Waals surface area contributed by atoms with Gasteiger partial charge in [0.1, 0.15) is 11.5 Å². The van der Waals surface area contributed by atoms with E-state index in [4.69, 9.17) is 4.74 Å². The molecule has 148 valence electrons. The minimum absolute atomic E-state index is 0.0380. The zero-order valence-corrected chi connectivity index (χ0v) is 17.3. The second-order valence-corrected chi connectivity index (χ2v) is 8.98. The van der Waals surface area contributed by atoms with Crippen molar-refractivity contribution < 1.29 is 19.4 Å². The minimum atomic E-state index is -0.222. The molecule has 4 heteroatoms. The van der Waals surface area contributed by atoms with E-state index in [1.807, 2.05) is 12.1 Å². The Morgan fingerprint density at radius 3 is 2.21 bits per heavy atom. The predicted octanol–water partition coefficient (Wildman–Crippen LogP) is 5.21. The lowest BCUT2D eigenvalue weighted by molar-refractivity contribution is 0.0919. The summed E-state index contributed by atoms with van der Waals surface area (Å²) in [5.74, 6) is -0.123. The monoisotopic (exact) mass is 380 g/mol. The van der Waals surface area contributed by atoms with Gasteiger partial charge in [-0.2, -0.15) is 0 Å². The van der Waals surface area contributed by atoms with Gasteiger partial charge in [-0.3, -0.25) is 9.59 Å². The molecule has 1 N–H and O–H groups in total. The molecule has 0 saturated heterocycles. The second-order valence-electron chi connectivity index (χ2n) is 8.98. The second kappa shape index (κ2) is 7.08. The number of benzene rings is 2. The molecule has 3 rings (SSSR count). The van der Waals surface area contributed by atoms with Crippen molar-refractivity contribution in [3.8, 4) is 11.5 Å². The number of ketones is 2. The summed E-state index contributed by atoms with van der Waals surface area (Å²) in [6.45, 7) is 10.2. The highest BCUT2D eigenvalue weighted by Gasteiger charge is 2.37. The first-order chi connectivity index (χ1) is 13.0. The van der Waals surface area contributed by atoms with Crippen LogP contribution in [0.2, 0.25) is 0 Å². The van der Waals surface area contributed by atoms with Gasteiger partial charge in [0.2, 0.25) is 0 Å². The number of Topliss-reactive ketones (excluding diaryl/α,β-unsaturated/α-hetero) is 2. The lowest BCUT2D eigenvalue weighted by Gasteiger charge is -2.42. The van der Waals surface area contributed by atoms with Gasteiger partial charge in [0.25, 0.3) is 0 Å². The SMILES string of the molecule is CC(=O)c1ccc(OCC(=O)c2ccc3c(c2)C(C)(C)CCC3(C)C)cc1O. The van der Waals surface area contributed by atoms with Crippen LogP contribution in [0.4, 0.5) is 0 Å². The number of hydrogen-bond donors (Lipinski definition) is 1. The van der Waals surface area contributed by atoms with E-state index in [2.05, 4.69) is 33.8 Å². The van der Waals surface area contributed by atoms with E-state index in [9.17, 15) is 14.7 Å². The smallest absolute Gasteiger partial charge is 0.200 e. The fourth-order valence-corrected chi connectivity index (χ4v) is 3.89. The van der Waals surface area contributed by atoms with Crippen LogP contribution in [-0.4, -0.2) is 23.3 Å². The number of ether oxygens (including phenoxy) is 1. The molecule has 0 saturated carbocycles. The number of hydrogen-bond acceptors (Lipinski definition) is 4. The summed E-state index contributed by atoms with van der Waals surface area (Å²) in [6.07, 6.45) is 2.21. The summed E-state index contributed by atoms with van der Waals surface area (Å²) < 4.78 is 5.55. The topological polar surface area (TPSA) is 63.6 Å². The van der Waals surface area contributed by atoms with Crippen LogP contribution < -0.4 is 4.74 Å². The maximum absolute atomic E-state index is 12.7. The van der Waals surface area contributed by atoms with E-state index in [-0.39, 0.29) is 40.3 Å². The first kappa shape index (κ1) is 20.1. The quantitative estimate of drug-likeness (QED) is 0.724. The molecule has 1 aliphatic carbocycles. The van der Waals surface area contributed by atoms with E-state index < -0.39 is 0 Å². The molecule has 0 aliphatic heterocycles. The molecular formula is C24H28O4. The van der Waals surface area contributed by atoms with Crippen molar-refractivity contribution in [3.63, 3.8) is 0 Å². The molecule has 2 aromatic carbocycles. The van der Waals surface area contributed by atoms with Crippen molar-refractivity contribution >= 4 is 11.6 Å². The molecule has 0 bridgehead atoms. The third-order valence-electron chi connectivity index (χ3n) is 5.89. The standard InChI is InChI=1S/C24H28O4/c1-15(25)18-8-7-17(13-21(18)26)28-14-22(27)16-6-9-19-20(12-16)24(4,5)11-10-23(19,2)3/h6-9,12-13,26H,10-11,14H2,1-5H3. The van der Waals surface area contributed by atoms with Gasteiger partial charge in [-0.05, 0) is 59.9 Å². The van der Waals surface area contributed by atoms with Crippen molar-refractivity contribution in [2.75, 3.05) is 6.61 Å². The van der Waals surface area contributed by atoms with E-state index >= 15 is 0 Å². The Kier molecular flexibility index (Phi) is 5.09. The van der Waals surface area contributed by atoms with Crippen LogP contribution in [0.1, 0.15) is 79.3 Å². The van der Waals surface area contributed by atoms with Gasteiger partial charge in [-0.15, -0.1) is 0 Å². The van der Waals surface area contributed by atoms with Crippen LogP contribution in [0, 0.1) is 0 Å². The third kappa shape index (κ3) is 3.82. The van der Waals surface area contributed by atoms with Crippen LogP contribution in [0.3, 0.4) is 0 Å². The van der Waals surface area contributed by atoms with E-state index in [1.165, 1.54) is 30.2 Å². The van der Waals surface area contributed by atoms with Crippen LogP contribution in [-0.2, 0) is 10.8 Å². The van der Waals surface area contributed by atoms with Crippen LogP contribution in [0.25, 0.3) is 0 Å². The Bertz CT molecular complexity index is 938. The highest BCUT2D eigenvalue weighted by atomic mass is 16.5. The fraction of sp³-hybridized carbons (Fsp3) is 0.417. The minimum Gasteiger partial charge on any atom is -0.507 e. The first-order valence-corrected chi connectivity index (χ1v) is 9.66. The largest absolute Gasteiger partial charge is 0.507 e. The predicted molar refractivity (Wildman–Crippen MR) is 110 cm³/mol. The Balaban J connectivity index is 1.79. The summed E-state index contributed by atoms with van der Waals surface area (Å²) in [5, 5.41) is 9.90. The highest BCUT2D eigenvalue weighted by Crippen LogP contribution is 2.45. The van der Waals surface area contributed by atoms with Gasteiger partial charge in [0.15, 0.2) is 18.2 Å². The number of phenolic OH excluding ortho intramolecular Hbond substituents is 1. The number of carbonyl (C=O) groups is 2. The molecule has 0 spiro atoms. The van der Waals surface area contributed by atoms with Crippen LogP contribution in [0.15, 0.2) is 36.4 Å². The molecule has 1 aliphatic rings. The highest BCUT2D eigenvalue weighted by molar-refractivity contribution is 5.98. The maximum Gasteiger partial charge on any atom is 0.200 e. The Morgan fingerprint density at radius 1 is 0.964 bits per heavy atom. The molecule has 0 unspecified atom stereocenters. The summed E-state index contributed by atoms with van der Waals surface area (Å²) in [5.41, 5.74) is 3.56. The third-order valence-corrected chi connectivity index (χ3v) is 5.89. The number of rotatable bonds is 5. The van der Waals surface area contributed by atoms with Crippen molar-refractivity contribution in [3.05, 3.63) is 58.7 Å². The van der Waals surface area contributed by atoms with Gasteiger partial charge < -0.3 is 9.84 Å². The molecule has 4 nitrogen and oxygen atoms in total. The number of aromatic hydroxyl groups is 1. The van der Waals surface area contributed by atoms with E-state index in [0.29, 0.717) is 11.3 Å². The van der Waals surface area contributed by atoms with Crippen molar-refractivity contribution in [2.24, 2.45) is 0 Å². The van der Waals surface area contributed by atoms with Crippen molar-refractivity contribution in [1.82, 2.24) is 0 Å². The molecule has 0 atom stereocenters. The summed E-state index contributed by atoms with van der Waals surface area (Å²) >= 11 is 0. The van der Waals surface area contributed by atoms with Gasteiger partial charge in [-0.1, -0.05) is 39.8 Å². The Labute approximate surface area is 166 Å². The van der Waals surface area contributed by atoms with Crippen molar-refractivity contribution in [2.45, 2.75) is 58.3 Å². The number of phenols is 1. The molecule has 2 aromatic rings. The lowest BCUT2D eigenvalue weighted by atomic mass is 9.63. The van der Waals surface area contributed by atoms with Gasteiger partial charge in [-0.25, -0.2) is 0 Å². The molecule has 28 heavy (non-hydrogen) atoms. The molecule has 0 aromatic heterocycles. The van der Waals surface area contributed by atoms with Crippen LogP contribution in [0.5, 0.6) is 11.5 Å². The fourth-order valence-electron chi connectivity index (χ4n) is 3.89. The zero-order chi connectivity index (χ0) is 20.7. The van der Waals surface area contributed by atoms with Gasteiger partial charge >= 0.3 is 0 Å². The number of fused-ring (bicyclic) bond motifs is 1. The molecule has 0 radical (unpaired) electrons. The maximum atomic E-state index is 12.7. The molecule has 0 fully saturated rings. The Morgan fingerprint density at radius 2 is 1.61 bits per heavy atom. The normalized spacial score (nSPS) is 16.9. The van der Waals surface area contributed by atoms with Gasteiger partial charge in [0.05, 0.1) is 5.56 Å². The van der Waals surface area contributed by atoms with Gasteiger partial charge in [0, 0.05) is 11.6 Å². The Hall–Kier alpha value is -2.62. The van der Waals surface area contributed by atoms with Crippen molar-refractivity contribution in [1.29, 1.82) is 0 Å². The molecular weight excluding hydrogens is 352 g/mol. The summed E-state index contributed by atoms with van der Waals surface area (Å²) in [4.78, 5) is 24.1. The first-order valence-electron chi connectivity index (χ1n) is 9.66.